The first kappa shape index (κ1) is 9.75. The van der Waals surface area contributed by atoms with Crippen molar-refractivity contribution in [1.29, 1.82) is 5.26 Å². The Labute approximate surface area is 80.6 Å². The second-order valence-electron chi connectivity index (χ2n) is 2.48. The number of esters is 1. The van der Waals surface area contributed by atoms with Gasteiger partial charge in [-0.3, -0.25) is 4.79 Å². The molecule has 0 saturated carbocycles. The molecule has 1 unspecified atom stereocenters. The van der Waals surface area contributed by atoms with E-state index in [0.29, 0.717) is 0 Å². The Morgan fingerprint density at radius 3 is 3.08 bits per heavy atom. The minimum absolute atomic E-state index is 0.208. The van der Waals surface area contributed by atoms with E-state index in [9.17, 15) is 4.79 Å². The van der Waals surface area contributed by atoms with Crippen LogP contribution < -0.4 is 0 Å². The number of hydrogen-bond acceptors (Lipinski definition) is 4. The molecule has 68 valence electrons. The number of nitrogens with zero attached hydrogens (tertiary/aromatic N) is 1. The molecule has 0 amide bonds. The average molecular weight is 195 g/mol. The maximum absolute atomic E-state index is 10.7. The van der Waals surface area contributed by atoms with Crippen molar-refractivity contribution < 1.29 is 9.53 Å². The molecule has 0 radical (unpaired) electrons. The highest BCUT2D eigenvalue weighted by molar-refractivity contribution is 7.10. The topological polar surface area (TPSA) is 50.1 Å². The molecular weight excluding hydrogens is 186 g/mol. The maximum Gasteiger partial charge on any atom is 0.303 e. The molecule has 1 atom stereocenters. The quantitative estimate of drug-likeness (QED) is 0.695. The van der Waals surface area contributed by atoms with Crippen molar-refractivity contribution >= 4 is 17.3 Å². The van der Waals surface area contributed by atoms with Crippen LogP contribution in [0.3, 0.4) is 0 Å². The summed E-state index contributed by atoms with van der Waals surface area (Å²) in [5.41, 5.74) is 0. The van der Waals surface area contributed by atoms with E-state index in [0.717, 1.165) is 4.88 Å². The van der Waals surface area contributed by atoms with Crippen LogP contribution in [0, 0.1) is 11.3 Å². The van der Waals surface area contributed by atoms with E-state index >= 15 is 0 Å². The summed E-state index contributed by atoms with van der Waals surface area (Å²) >= 11 is 1.48. The van der Waals surface area contributed by atoms with Gasteiger partial charge in [-0.2, -0.15) is 5.26 Å². The van der Waals surface area contributed by atoms with Crippen molar-refractivity contribution in [3.05, 3.63) is 22.4 Å². The minimum atomic E-state index is -0.400. The molecular formula is C9H9NO2S. The molecule has 3 nitrogen and oxygen atoms in total. The summed E-state index contributed by atoms with van der Waals surface area (Å²) in [6.45, 7) is 1.35. The average Bonchev–Trinajstić information content (AvgIpc) is 2.54. The van der Waals surface area contributed by atoms with Crippen molar-refractivity contribution in [3.63, 3.8) is 0 Å². The number of hydrogen-bond donors (Lipinski definition) is 0. The van der Waals surface area contributed by atoms with Gasteiger partial charge in [0.05, 0.1) is 12.5 Å². The predicted octanol–water partition coefficient (Wildman–Crippen LogP) is 2.27. The Kier molecular flexibility index (Phi) is 3.47. The Bertz CT molecular complexity index is 313. The first-order valence-electron chi connectivity index (χ1n) is 3.81. The van der Waals surface area contributed by atoms with Gasteiger partial charge in [-0.1, -0.05) is 6.07 Å². The molecule has 0 N–H and O–H groups in total. The first-order chi connectivity index (χ1) is 6.24. The van der Waals surface area contributed by atoms with Crippen LogP contribution in [0.1, 0.15) is 24.3 Å². The molecule has 0 aliphatic heterocycles. The third-order valence-electron chi connectivity index (χ3n) is 1.45. The second kappa shape index (κ2) is 4.63. The first-order valence-corrected chi connectivity index (χ1v) is 4.69. The molecule has 4 heteroatoms. The van der Waals surface area contributed by atoms with E-state index in [1.807, 2.05) is 23.6 Å². The number of nitriles is 1. The maximum atomic E-state index is 10.7. The SMILES string of the molecule is CC(=O)OC(CC#N)c1cccs1. The molecule has 0 fully saturated rings. The zero-order valence-corrected chi connectivity index (χ0v) is 8.00. The van der Waals surface area contributed by atoms with Gasteiger partial charge in [-0.15, -0.1) is 11.3 Å². The van der Waals surface area contributed by atoms with Gasteiger partial charge in [-0.25, -0.2) is 0 Å². The van der Waals surface area contributed by atoms with Crippen molar-refractivity contribution in [2.75, 3.05) is 0 Å². The molecule has 1 heterocycles. The van der Waals surface area contributed by atoms with Crippen molar-refractivity contribution in [1.82, 2.24) is 0 Å². The summed E-state index contributed by atoms with van der Waals surface area (Å²) in [4.78, 5) is 11.6. The van der Waals surface area contributed by atoms with Gasteiger partial charge in [0, 0.05) is 11.8 Å². The van der Waals surface area contributed by atoms with Crippen LogP contribution in [-0.4, -0.2) is 5.97 Å². The van der Waals surface area contributed by atoms with Gasteiger partial charge in [0.15, 0.2) is 0 Å². The molecule has 0 spiro atoms. The van der Waals surface area contributed by atoms with Gasteiger partial charge in [0.25, 0.3) is 0 Å². The molecule has 0 aliphatic carbocycles. The number of ether oxygens (including phenoxy) is 1. The molecule has 1 aromatic rings. The Morgan fingerprint density at radius 2 is 2.62 bits per heavy atom. The van der Waals surface area contributed by atoms with E-state index in [4.69, 9.17) is 10.00 Å². The summed E-state index contributed by atoms with van der Waals surface area (Å²) in [6, 6.07) is 5.72. The Hall–Kier alpha value is -1.34. The second-order valence-corrected chi connectivity index (χ2v) is 3.46. The number of rotatable bonds is 3. The van der Waals surface area contributed by atoms with Crippen LogP contribution >= 0.6 is 11.3 Å². The van der Waals surface area contributed by atoms with E-state index in [2.05, 4.69) is 0 Å². The molecule has 0 aliphatic rings. The van der Waals surface area contributed by atoms with Crippen LogP contribution in [0.15, 0.2) is 17.5 Å². The van der Waals surface area contributed by atoms with Crippen molar-refractivity contribution in [2.45, 2.75) is 19.4 Å². The van der Waals surface area contributed by atoms with Gasteiger partial charge in [0.2, 0.25) is 0 Å². The van der Waals surface area contributed by atoms with Gasteiger partial charge < -0.3 is 4.74 Å². The normalized spacial score (nSPS) is 11.7. The summed E-state index contributed by atoms with van der Waals surface area (Å²) in [5.74, 6) is -0.353. The lowest BCUT2D eigenvalue weighted by atomic mass is 10.2. The van der Waals surface area contributed by atoms with Crippen LogP contribution in [0.5, 0.6) is 0 Å². The smallest absolute Gasteiger partial charge is 0.303 e. The number of carbonyl (C=O) groups excluding carboxylic acids is 1. The van der Waals surface area contributed by atoms with Gasteiger partial charge in [0.1, 0.15) is 6.10 Å². The Balaban J connectivity index is 2.69. The van der Waals surface area contributed by atoms with Crippen molar-refractivity contribution in [2.24, 2.45) is 0 Å². The highest BCUT2D eigenvalue weighted by Crippen LogP contribution is 2.25. The predicted molar refractivity (Wildman–Crippen MR) is 49.1 cm³/mol. The number of thiophene rings is 1. The third-order valence-corrected chi connectivity index (χ3v) is 2.41. The monoisotopic (exact) mass is 195 g/mol. The van der Waals surface area contributed by atoms with Crippen LogP contribution in [-0.2, 0) is 9.53 Å². The van der Waals surface area contributed by atoms with Crippen LogP contribution in [0.25, 0.3) is 0 Å². The van der Waals surface area contributed by atoms with E-state index in [1.54, 1.807) is 0 Å². The molecule has 0 saturated heterocycles. The fraction of sp³-hybridized carbons (Fsp3) is 0.333. The highest BCUT2D eigenvalue weighted by Gasteiger charge is 2.14. The third kappa shape index (κ3) is 2.88. The van der Waals surface area contributed by atoms with Crippen molar-refractivity contribution in [3.8, 4) is 6.07 Å². The van der Waals surface area contributed by atoms with Gasteiger partial charge in [-0.05, 0) is 11.4 Å². The van der Waals surface area contributed by atoms with Crippen LogP contribution in [0.4, 0.5) is 0 Å². The molecule has 1 rings (SSSR count). The summed E-state index contributed by atoms with van der Waals surface area (Å²) in [7, 11) is 0. The van der Waals surface area contributed by atoms with E-state index < -0.39 is 6.10 Å². The molecule has 1 aromatic heterocycles. The van der Waals surface area contributed by atoms with Gasteiger partial charge >= 0.3 is 5.97 Å². The zero-order valence-electron chi connectivity index (χ0n) is 7.19. The summed E-state index contributed by atoms with van der Waals surface area (Å²) < 4.78 is 4.98. The summed E-state index contributed by atoms with van der Waals surface area (Å²) in [6.07, 6.45) is -0.192. The van der Waals surface area contributed by atoms with E-state index in [1.165, 1.54) is 18.3 Å². The largest absolute Gasteiger partial charge is 0.456 e. The lowest BCUT2D eigenvalue weighted by Gasteiger charge is -2.11. The van der Waals surface area contributed by atoms with E-state index in [-0.39, 0.29) is 12.4 Å². The highest BCUT2D eigenvalue weighted by atomic mass is 32.1. The molecule has 0 aromatic carbocycles. The lowest BCUT2D eigenvalue weighted by Crippen LogP contribution is -2.06. The Morgan fingerprint density at radius 1 is 1.85 bits per heavy atom. The standard InChI is InChI=1S/C9H9NO2S/c1-7(11)12-8(4-5-10)9-3-2-6-13-9/h2-3,6,8H,4H2,1H3. The molecule has 13 heavy (non-hydrogen) atoms. The summed E-state index contributed by atoms with van der Waals surface area (Å²) in [5, 5.41) is 10.4. The van der Waals surface area contributed by atoms with Crippen LogP contribution in [0.2, 0.25) is 0 Å². The number of carbonyl (C=O) groups is 1. The zero-order chi connectivity index (χ0) is 9.68. The lowest BCUT2D eigenvalue weighted by molar-refractivity contribution is -0.146. The fourth-order valence-corrected chi connectivity index (χ4v) is 1.71. The fourth-order valence-electron chi connectivity index (χ4n) is 0.958. The molecule has 0 bridgehead atoms. The minimum Gasteiger partial charge on any atom is -0.456 e.